The highest BCUT2D eigenvalue weighted by molar-refractivity contribution is 7.91. The summed E-state index contributed by atoms with van der Waals surface area (Å²) < 4.78 is 31.1. The molecule has 0 radical (unpaired) electrons. The highest BCUT2D eigenvalue weighted by Crippen LogP contribution is 2.30. The first kappa shape index (κ1) is 20.3. The van der Waals surface area contributed by atoms with Gasteiger partial charge in [0.2, 0.25) is 5.89 Å². The number of aromatic nitrogens is 3. The molecule has 0 aliphatic carbocycles. The third kappa shape index (κ3) is 4.15. The van der Waals surface area contributed by atoms with Crippen LogP contribution in [0, 0.1) is 6.92 Å². The van der Waals surface area contributed by atoms with E-state index in [9.17, 15) is 8.42 Å². The molecule has 0 unspecified atom stereocenters. The number of anilines is 1. The molecule has 0 saturated heterocycles. The predicted octanol–water partition coefficient (Wildman–Crippen LogP) is 4.65. The Morgan fingerprint density at radius 1 is 1.10 bits per heavy atom. The molecule has 4 rings (SSSR count). The quantitative estimate of drug-likeness (QED) is 0.434. The van der Waals surface area contributed by atoms with Gasteiger partial charge in [-0.3, -0.25) is 0 Å². The number of nitrogens with one attached hydrogen (secondary N) is 1. The lowest BCUT2D eigenvalue weighted by molar-refractivity contribution is 0.592. The van der Waals surface area contributed by atoms with Crippen molar-refractivity contribution in [1.29, 1.82) is 0 Å². The van der Waals surface area contributed by atoms with Crippen LogP contribution in [0.4, 0.5) is 5.82 Å². The van der Waals surface area contributed by atoms with Gasteiger partial charge in [0.15, 0.2) is 15.4 Å². The smallest absolute Gasteiger partial charge is 0.247 e. The number of benzene rings is 1. The van der Waals surface area contributed by atoms with Gasteiger partial charge < -0.3 is 9.73 Å². The Hall–Kier alpha value is -2.97. The molecule has 0 saturated carbocycles. The summed E-state index contributed by atoms with van der Waals surface area (Å²) in [5, 5.41) is 3.59. The average Bonchev–Trinajstić information content (AvgIpc) is 3.16. The molecule has 0 fully saturated rings. The van der Waals surface area contributed by atoms with Crippen molar-refractivity contribution in [3.05, 3.63) is 64.9 Å². The predicted molar refractivity (Wildman–Crippen MR) is 116 cm³/mol. The van der Waals surface area contributed by atoms with Crippen molar-refractivity contribution in [1.82, 2.24) is 15.0 Å². The first-order valence-electron chi connectivity index (χ1n) is 9.31. The Labute approximate surface area is 179 Å². The zero-order valence-electron chi connectivity index (χ0n) is 16.4. The molecule has 9 heteroatoms. The minimum absolute atomic E-state index is 0.0514. The lowest BCUT2D eigenvalue weighted by Gasteiger charge is -2.10. The zero-order chi connectivity index (χ0) is 21.3. The molecule has 1 aromatic carbocycles. The maximum absolute atomic E-state index is 12.6. The van der Waals surface area contributed by atoms with Gasteiger partial charge in [0.25, 0.3) is 0 Å². The molecule has 3 heterocycles. The van der Waals surface area contributed by atoms with Gasteiger partial charge >= 0.3 is 0 Å². The first-order chi connectivity index (χ1) is 14.4. The van der Waals surface area contributed by atoms with Crippen LogP contribution in [0.3, 0.4) is 0 Å². The topological polar surface area (TPSA) is 98.0 Å². The van der Waals surface area contributed by atoms with E-state index in [-0.39, 0.29) is 22.2 Å². The van der Waals surface area contributed by atoms with Crippen LogP contribution in [0.25, 0.3) is 22.7 Å². The van der Waals surface area contributed by atoms with Gasteiger partial charge in [0.1, 0.15) is 22.2 Å². The minimum Gasteiger partial charge on any atom is -0.435 e. The summed E-state index contributed by atoms with van der Waals surface area (Å²) in [6, 6.07) is 12.3. The van der Waals surface area contributed by atoms with Crippen molar-refractivity contribution < 1.29 is 12.8 Å². The molecule has 154 valence electrons. The standard InChI is InChI=1S/C21H19ClN4O3S/c1-3-30(27,28)17-7-9-19(24-12-14-5-8-18(22)23-11-14)26-20(17)21-25-15-10-13(2)4-6-16(15)29-21/h4-11H,3,12H2,1-2H3,(H,24,26). The number of aryl methyl sites for hydroxylation is 1. The summed E-state index contributed by atoms with van der Waals surface area (Å²) in [6.45, 7) is 3.99. The second kappa shape index (κ2) is 8.04. The molecular formula is C21H19ClN4O3S. The van der Waals surface area contributed by atoms with Crippen molar-refractivity contribution in [3.63, 3.8) is 0 Å². The number of halogens is 1. The Bertz CT molecular complexity index is 1320. The summed E-state index contributed by atoms with van der Waals surface area (Å²) in [6.07, 6.45) is 1.66. The van der Waals surface area contributed by atoms with Crippen molar-refractivity contribution in [3.8, 4) is 11.6 Å². The van der Waals surface area contributed by atoms with Gasteiger partial charge in [-0.1, -0.05) is 30.7 Å². The highest BCUT2D eigenvalue weighted by atomic mass is 35.5. The highest BCUT2D eigenvalue weighted by Gasteiger charge is 2.23. The van der Waals surface area contributed by atoms with Crippen LogP contribution in [0.2, 0.25) is 5.15 Å². The molecular weight excluding hydrogens is 424 g/mol. The largest absolute Gasteiger partial charge is 0.435 e. The molecule has 0 spiro atoms. The Kier molecular flexibility index (Phi) is 5.44. The molecule has 7 nitrogen and oxygen atoms in total. The summed E-state index contributed by atoms with van der Waals surface area (Å²) in [5.41, 5.74) is 3.35. The monoisotopic (exact) mass is 442 g/mol. The first-order valence-corrected chi connectivity index (χ1v) is 11.3. The van der Waals surface area contributed by atoms with Crippen molar-refractivity contribution in [2.45, 2.75) is 25.3 Å². The van der Waals surface area contributed by atoms with Crippen LogP contribution < -0.4 is 5.32 Å². The van der Waals surface area contributed by atoms with Gasteiger partial charge in [-0.2, -0.15) is 0 Å². The maximum atomic E-state index is 12.6. The molecule has 30 heavy (non-hydrogen) atoms. The van der Waals surface area contributed by atoms with Crippen molar-refractivity contribution in [2.24, 2.45) is 0 Å². The van der Waals surface area contributed by atoms with E-state index in [0.717, 1.165) is 11.1 Å². The lowest BCUT2D eigenvalue weighted by Crippen LogP contribution is -2.09. The number of fused-ring (bicyclic) bond motifs is 1. The van der Waals surface area contributed by atoms with E-state index in [1.54, 1.807) is 25.3 Å². The number of sulfone groups is 1. The summed E-state index contributed by atoms with van der Waals surface area (Å²) >= 11 is 5.82. The Morgan fingerprint density at radius 2 is 1.93 bits per heavy atom. The minimum atomic E-state index is -3.53. The van der Waals surface area contributed by atoms with Crippen LogP contribution in [-0.2, 0) is 16.4 Å². The molecule has 1 N–H and O–H groups in total. The number of pyridine rings is 2. The van der Waals surface area contributed by atoms with E-state index < -0.39 is 9.84 Å². The zero-order valence-corrected chi connectivity index (χ0v) is 18.0. The molecule has 0 amide bonds. The van der Waals surface area contributed by atoms with E-state index in [1.807, 2.05) is 31.2 Å². The van der Waals surface area contributed by atoms with E-state index in [1.165, 1.54) is 6.07 Å². The fourth-order valence-electron chi connectivity index (χ4n) is 2.95. The Morgan fingerprint density at radius 3 is 2.67 bits per heavy atom. The van der Waals surface area contributed by atoms with E-state index in [4.69, 9.17) is 16.0 Å². The fourth-order valence-corrected chi connectivity index (χ4v) is 4.07. The van der Waals surface area contributed by atoms with Gasteiger partial charge in [-0.25, -0.2) is 23.4 Å². The number of hydrogen-bond acceptors (Lipinski definition) is 7. The van der Waals surface area contributed by atoms with E-state index in [2.05, 4.69) is 20.3 Å². The number of oxazole rings is 1. The second-order valence-electron chi connectivity index (χ2n) is 6.78. The van der Waals surface area contributed by atoms with Crippen molar-refractivity contribution >= 4 is 38.4 Å². The van der Waals surface area contributed by atoms with Crippen LogP contribution in [0.5, 0.6) is 0 Å². The summed E-state index contributed by atoms with van der Waals surface area (Å²) in [5.74, 6) is 0.609. The Balaban J connectivity index is 1.74. The molecule has 0 atom stereocenters. The third-order valence-corrected chi connectivity index (χ3v) is 6.56. The molecule has 0 aliphatic heterocycles. The number of hydrogen-bond donors (Lipinski definition) is 1. The van der Waals surface area contributed by atoms with Crippen LogP contribution in [0.1, 0.15) is 18.1 Å². The summed E-state index contributed by atoms with van der Waals surface area (Å²) in [4.78, 5) is 13.1. The molecule has 0 bridgehead atoms. The normalized spacial score (nSPS) is 11.7. The van der Waals surface area contributed by atoms with Gasteiger partial charge in [0, 0.05) is 12.7 Å². The van der Waals surface area contributed by atoms with Gasteiger partial charge in [0.05, 0.1) is 10.6 Å². The summed E-state index contributed by atoms with van der Waals surface area (Å²) in [7, 11) is -3.53. The van der Waals surface area contributed by atoms with Crippen molar-refractivity contribution in [2.75, 3.05) is 11.1 Å². The number of nitrogens with zero attached hydrogens (tertiary/aromatic N) is 3. The third-order valence-electron chi connectivity index (χ3n) is 4.58. The second-order valence-corrected chi connectivity index (χ2v) is 9.41. The van der Waals surface area contributed by atoms with Crippen LogP contribution >= 0.6 is 11.6 Å². The molecule has 0 aliphatic rings. The average molecular weight is 443 g/mol. The molecule has 3 aromatic heterocycles. The fraction of sp³-hybridized carbons (Fsp3) is 0.190. The van der Waals surface area contributed by atoms with E-state index >= 15 is 0 Å². The van der Waals surface area contributed by atoms with Gasteiger partial charge in [-0.15, -0.1) is 0 Å². The number of rotatable bonds is 6. The van der Waals surface area contributed by atoms with Crippen LogP contribution in [0.15, 0.2) is 58.0 Å². The maximum Gasteiger partial charge on any atom is 0.247 e. The van der Waals surface area contributed by atoms with E-state index in [0.29, 0.717) is 28.6 Å². The molecule has 4 aromatic rings. The SMILES string of the molecule is CCS(=O)(=O)c1ccc(NCc2ccc(Cl)nc2)nc1-c1nc2cc(C)ccc2o1. The van der Waals surface area contributed by atoms with Crippen LogP contribution in [-0.4, -0.2) is 29.1 Å². The van der Waals surface area contributed by atoms with Gasteiger partial charge in [-0.05, 0) is 48.4 Å². The lowest BCUT2D eigenvalue weighted by atomic mass is 10.2.